The van der Waals surface area contributed by atoms with E-state index in [1.54, 1.807) is 0 Å². The Morgan fingerprint density at radius 3 is 2.50 bits per heavy atom. The Kier molecular flexibility index (Phi) is 3.68. The Labute approximate surface area is 108 Å². The van der Waals surface area contributed by atoms with Crippen LogP contribution in [-0.4, -0.2) is 20.4 Å². The fraction of sp³-hybridized carbons (Fsp3) is 0.286. The molecule has 3 nitrogen and oxygen atoms in total. The largest absolute Gasteiger partial charge is 0.324 e. The minimum atomic E-state index is -2.96. The molecule has 2 aromatic carbocycles. The maximum atomic E-state index is 11.2. The van der Waals surface area contributed by atoms with E-state index in [2.05, 4.69) is 0 Å². The standard InChI is InChI=1S/C14H17NO2S/c1-18(16,17)10-9-14(15)13-8-4-6-11-5-2-3-7-12(11)13/h2-8,14H,9-10,15H2,1H3. The molecule has 1 atom stereocenters. The van der Waals surface area contributed by atoms with Gasteiger partial charge >= 0.3 is 0 Å². The van der Waals surface area contributed by atoms with Crippen LogP contribution in [0.15, 0.2) is 42.5 Å². The second kappa shape index (κ2) is 5.08. The van der Waals surface area contributed by atoms with Crippen molar-refractivity contribution in [2.45, 2.75) is 12.5 Å². The van der Waals surface area contributed by atoms with Crippen LogP contribution in [0.3, 0.4) is 0 Å². The zero-order valence-corrected chi connectivity index (χ0v) is 11.2. The van der Waals surface area contributed by atoms with Crippen molar-refractivity contribution in [2.24, 2.45) is 5.73 Å². The van der Waals surface area contributed by atoms with Crippen molar-refractivity contribution < 1.29 is 8.42 Å². The molecule has 0 bridgehead atoms. The van der Waals surface area contributed by atoms with E-state index in [0.717, 1.165) is 16.3 Å². The predicted molar refractivity (Wildman–Crippen MR) is 75.2 cm³/mol. The van der Waals surface area contributed by atoms with E-state index in [1.165, 1.54) is 6.26 Å². The van der Waals surface area contributed by atoms with Crippen LogP contribution >= 0.6 is 0 Å². The molecule has 0 saturated carbocycles. The average Bonchev–Trinajstić information content (AvgIpc) is 2.34. The molecule has 96 valence electrons. The van der Waals surface area contributed by atoms with E-state index >= 15 is 0 Å². The quantitative estimate of drug-likeness (QED) is 0.920. The zero-order chi connectivity index (χ0) is 13.2. The summed E-state index contributed by atoms with van der Waals surface area (Å²) >= 11 is 0. The Hall–Kier alpha value is -1.39. The van der Waals surface area contributed by atoms with Crippen LogP contribution in [0.4, 0.5) is 0 Å². The highest BCUT2D eigenvalue weighted by Crippen LogP contribution is 2.24. The first-order valence-corrected chi connectivity index (χ1v) is 7.94. The third kappa shape index (κ3) is 3.09. The third-order valence-electron chi connectivity index (χ3n) is 3.02. The molecule has 0 saturated heterocycles. The predicted octanol–water partition coefficient (Wildman–Crippen LogP) is 2.27. The number of fused-ring (bicyclic) bond motifs is 1. The molecule has 0 radical (unpaired) electrons. The van der Waals surface area contributed by atoms with E-state index in [9.17, 15) is 8.42 Å². The van der Waals surface area contributed by atoms with Crippen LogP contribution in [-0.2, 0) is 9.84 Å². The van der Waals surface area contributed by atoms with E-state index < -0.39 is 9.84 Å². The van der Waals surface area contributed by atoms with Crippen LogP contribution in [0.2, 0.25) is 0 Å². The molecule has 2 N–H and O–H groups in total. The van der Waals surface area contributed by atoms with Crippen molar-refractivity contribution in [3.05, 3.63) is 48.0 Å². The second-order valence-corrected chi connectivity index (χ2v) is 6.85. The molecule has 0 amide bonds. The van der Waals surface area contributed by atoms with Gasteiger partial charge in [0.05, 0.1) is 5.75 Å². The maximum Gasteiger partial charge on any atom is 0.147 e. The van der Waals surface area contributed by atoms with Gasteiger partial charge in [0.2, 0.25) is 0 Å². The summed E-state index contributed by atoms with van der Waals surface area (Å²) < 4.78 is 22.4. The van der Waals surface area contributed by atoms with Gasteiger partial charge in [0, 0.05) is 12.3 Å². The molecule has 4 heteroatoms. The van der Waals surface area contributed by atoms with E-state index in [-0.39, 0.29) is 11.8 Å². The zero-order valence-electron chi connectivity index (χ0n) is 10.3. The maximum absolute atomic E-state index is 11.2. The molecule has 0 aliphatic heterocycles. The lowest BCUT2D eigenvalue weighted by molar-refractivity contribution is 0.592. The first-order valence-electron chi connectivity index (χ1n) is 5.88. The summed E-state index contributed by atoms with van der Waals surface area (Å²) in [6, 6.07) is 13.7. The van der Waals surface area contributed by atoms with Crippen molar-refractivity contribution in [1.29, 1.82) is 0 Å². The molecule has 0 aliphatic rings. The second-order valence-electron chi connectivity index (χ2n) is 4.59. The lowest BCUT2D eigenvalue weighted by Gasteiger charge is -2.14. The monoisotopic (exact) mass is 263 g/mol. The Morgan fingerprint density at radius 2 is 1.78 bits per heavy atom. The van der Waals surface area contributed by atoms with Crippen LogP contribution in [0.1, 0.15) is 18.0 Å². The summed E-state index contributed by atoms with van der Waals surface area (Å²) in [6.45, 7) is 0. The van der Waals surface area contributed by atoms with Crippen molar-refractivity contribution in [1.82, 2.24) is 0 Å². The molecule has 0 heterocycles. The fourth-order valence-corrected chi connectivity index (χ4v) is 2.75. The van der Waals surface area contributed by atoms with Gasteiger partial charge in [-0.05, 0) is 22.8 Å². The van der Waals surface area contributed by atoms with Crippen LogP contribution in [0.25, 0.3) is 10.8 Å². The molecule has 2 rings (SSSR count). The smallest absolute Gasteiger partial charge is 0.147 e. The third-order valence-corrected chi connectivity index (χ3v) is 4.00. The minimum Gasteiger partial charge on any atom is -0.324 e. The van der Waals surface area contributed by atoms with E-state index in [1.807, 2.05) is 42.5 Å². The first-order chi connectivity index (χ1) is 8.47. The van der Waals surface area contributed by atoms with Crippen molar-refractivity contribution in [3.8, 4) is 0 Å². The molecule has 1 unspecified atom stereocenters. The molecule has 18 heavy (non-hydrogen) atoms. The lowest BCUT2D eigenvalue weighted by Crippen LogP contribution is -2.15. The summed E-state index contributed by atoms with van der Waals surface area (Å²) in [5.41, 5.74) is 7.11. The lowest BCUT2D eigenvalue weighted by atomic mass is 9.98. The van der Waals surface area contributed by atoms with Gasteiger partial charge in [0.25, 0.3) is 0 Å². The first kappa shape index (κ1) is 13.1. The number of nitrogens with two attached hydrogens (primary N) is 1. The van der Waals surface area contributed by atoms with E-state index in [4.69, 9.17) is 5.73 Å². The normalized spacial score (nSPS) is 13.7. The summed E-state index contributed by atoms with van der Waals surface area (Å²) in [6.07, 6.45) is 1.69. The SMILES string of the molecule is CS(=O)(=O)CCC(N)c1cccc2ccccc12. The Balaban J connectivity index is 2.30. The summed E-state index contributed by atoms with van der Waals surface area (Å²) in [5, 5.41) is 2.23. The number of hydrogen-bond donors (Lipinski definition) is 1. The van der Waals surface area contributed by atoms with Gasteiger partial charge in [0.15, 0.2) is 0 Å². The van der Waals surface area contributed by atoms with Gasteiger partial charge in [-0.2, -0.15) is 0 Å². The van der Waals surface area contributed by atoms with Gasteiger partial charge in [-0.3, -0.25) is 0 Å². The summed E-state index contributed by atoms with van der Waals surface area (Å²) in [7, 11) is -2.96. The molecular weight excluding hydrogens is 246 g/mol. The van der Waals surface area contributed by atoms with E-state index in [0.29, 0.717) is 6.42 Å². The minimum absolute atomic E-state index is 0.122. The van der Waals surface area contributed by atoms with Crippen LogP contribution in [0, 0.1) is 0 Å². The van der Waals surface area contributed by atoms with Crippen molar-refractivity contribution in [2.75, 3.05) is 12.0 Å². The van der Waals surface area contributed by atoms with Gasteiger partial charge in [0.1, 0.15) is 9.84 Å². The topological polar surface area (TPSA) is 60.2 Å². The summed E-state index contributed by atoms with van der Waals surface area (Å²) in [4.78, 5) is 0. The molecule has 0 aliphatic carbocycles. The van der Waals surface area contributed by atoms with Crippen LogP contribution in [0.5, 0.6) is 0 Å². The molecule has 2 aromatic rings. The molecular formula is C14H17NO2S. The highest BCUT2D eigenvalue weighted by Gasteiger charge is 2.12. The van der Waals surface area contributed by atoms with Gasteiger partial charge in [-0.15, -0.1) is 0 Å². The van der Waals surface area contributed by atoms with Gasteiger partial charge < -0.3 is 5.73 Å². The van der Waals surface area contributed by atoms with Crippen LogP contribution < -0.4 is 5.73 Å². The van der Waals surface area contributed by atoms with Gasteiger partial charge in [-0.1, -0.05) is 42.5 Å². The van der Waals surface area contributed by atoms with Gasteiger partial charge in [-0.25, -0.2) is 8.42 Å². The number of rotatable bonds is 4. The van der Waals surface area contributed by atoms with Crippen molar-refractivity contribution in [3.63, 3.8) is 0 Å². The van der Waals surface area contributed by atoms with Crippen molar-refractivity contribution >= 4 is 20.6 Å². The molecule has 0 aromatic heterocycles. The highest BCUT2D eigenvalue weighted by molar-refractivity contribution is 7.90. The highest BCUT2D eigenvalue weighted by atomic mass is 32.2. The average molecular weight is 263 g/mol. The number of benzene rings is 2. The molecule has 0 fully saturated rings. The number of sulfone groups is 1. The Morgan fingerprint density at radius 1 is 1.11 bits per heavy atom. The fourth-order valence-electron chi connectivity index (χ4n) is 2.07. The molecule has 0 spiro atoms. The Bertz CT molecular complexity index is 644. The summed E-state index contributed by atoms with van der Waals surface area (Å²) in [5.74, 6) is 0.122. The number of hydrogen-bond acceptors (Lipinski definition) is 3.